The van der Waals surface area contributed by atoms with Crippen LogP contribution in [-0.4, -0.2) is 47.6 Å². The number of hydrogen-bond donors (Lipinski definition) is 3. The highest BCUT2D eigenvalue weighted by atomic mass is 16.5. The molecule has 22 heavy (non-hydrogen) atoms. The molecule has 0 aliphatic heterocycles. The first-order chi connectivity index (χ1) is 10.1. The monoisotopic (exact) mass is 314 g/mol. The number of hydrogen-bond acceptors (Lipinski definition) is 5. The van der Waals surface area contributed by atoms with E-state index in [4.69, 9.17) is 9.84 Å². The average molecular weight is 314 g/mol. The van der Waals surface area contributed by atoms with E-state index in [1.54, 1.807) is 13.8 Å². The van der Waals surface area contributed by atoms with E-state index in [1.165, 1.54) is 13.8 Å². The average Bonchev–Trinajstić information content (AvgIpc) is 2.32. The minimum atomic E-state index is -1.28. The van der Waals surface area contributed by atoms with Crippen LogP contribution in [0.2, 0.25) is 0 Å². The summed E-state index contributed by atoms with van der Waals surface area (Å²) >= 11 is 0. The third-order valence-corrected chi connectivity index (χ3v) is 2.45. The van der Waals surface area contributed by atoms with E-state index in [1.807, 2.05) is 0 Å². The first kappa shape index (κ1) is 19.6. The van der Waals surface area contributed by atoms with E-state index in [9.17, 15) is 19.2 Å². The van der Waals surface area contributed by atoms with Crippen molar-refractivity contribution in [1.29, 1.82) is 0 Å². The number of ether oxygens (including phenoxy) is 1. The van der Waals surface area contributed by atoms with Crippen molar-refractivity contribution >= 4 is 23.8 Å². The highest BCUT2D eigenvalue weighted by Crippen LogP contribution is 2.09. The molecule has 0 saturated carbocycles. The van der Waals surface area contributed by atoms with Gasteiger partial charge in [-0.1, -0.05) is 0 Å². The van der Waals surface area contributed by atoms with Crippen molar-refractivity contribution in [3.05, 3.63) is 11.6 Å². The van der Waals surface area contributed by atoms with Gasteiger partial charge in [-0.25, -0.2) is 9.59 Å². The molecule has 2 atom stereocenters. The standard InChI is InChI=1S/C14H22N2O6/c1-8(15-10(3)17)5-12(6-13(19)20)14(21)22-7-9(2)16-11(4)18/h6,8-9H,5,7H2,1-4H3,(H,15,17)(H,16,18)(H,19,20)/t8-,9-/m1/s1. The number of rotatable bonds is 8. The molecule has 0 radical (unpaired) electrons. The van der Waals surface area contributed by atoms with E-state index in [0.717, 1.165) is 6.08 Å². The van der Waals surface area contributed by atoms with Crippen LogP contribution in [0.4, 0.5) is 0 Å². The molecular formula is C14H22N2O6. The number of amides is 2. The molecule has 0 saturated heterocycles. The summed E-state index contributed by atoms with van der Waals surface area (Å²) in [4.78, 5) is 44.5. The minimum Gasteiger partial charge on any atom is -0.478 e. The van der Waals surface area contributed by atoms with Crippen LogP contribution < -0.4 is 10.6 Å². The third kappa shape index (κ3) is 9.51. The summed E-state index contributed by atoms with van der Waals surface area (Å²) in [5.74, 6) is -2.62. The first-order valence-corrected chi connectivity index (χ1v) is 6.76. The maximum atomic E-state index is 11.9. The Balaban J connectivity index is 4.69. The predicted octanol–water partition coefficient (Wildman–Crippen LogP) is -0.0201. The predicted molar refractivity (Wildman–Crippen MR) is 77.9 cm³/mol. The topological polar surface area (TPSA) is 122 Å². The number of carboxylic acids is 1. The summed E-state index contributed by atoms with van der Waals surface area (Å²) in [7, 11) is 0. The summed E-state index contributed by atoms with van der Waals surface area (Å²) in [5, 5.41) is 13.9. The lowest BCUT2D eigenvalue weighted by atomic mass is 10.1. The molecule has 0 spiro atoms. The number of aliphatic carboxylic acids is 1. The van der Waals surface area contributed by atoms with Crippen molar-refractivity contribution in [2.24, 2.45) is 0 Å². The van der Waals surface area contributed by atoms with Crippen LogP contribution in [-0.2, 0) is 23.9 Å². The molecule has 2 amide bonds. The lowest BCUT2D eigenvalue weighted by Crippen LogP contribution is -2.35. The zero-order valence-corrected chi connectivity index (χ0v) is 13.1. The fraction of sp³-hybridized carbons (Fsp3) is 0.571. The molecule has 0 rings (SSSR count). The maximum Gasteiger partial charge on any atom is 0.334 e. The van der Waals surface area contributed by atoms with E-state index in [2.05, 4.69) is 10.6 Å². The van der Waals surface area contributed by atoms with Crippen LogP contribution in [0.3, 0.4) is 0 Å². The molecule has 0 aliphatic carbocycles. The molecule has 0 heterocycles. The molecule has 0 aliphatic rings. The van der Waals surface area contributed by atoms with Crippen LogP contribution in [0.1, 0.15) is 34.1 Å². The SMILES string of the molecule is CC(=O)N[C@H](C)COC(=O)C(=CC(=O)O)C[C@@H](C)NC(C)=O. The van der Waals surface area contributed by atoms with Crippen LogP contribution >= 0.6 is 0 Å². The van der Waals surface area contributed by atoms with Gasteiger partial charge < -0.3 is 20.5 Å². The zero-order valence-electron chi connectivity index (χ0n) is 13.1. The van der Waals surface area contributed by atoms with Gasteiger partial charge in [0.1, 0.15) is 6.61 Å². The minimum absolute atomic E-state index is 0.0270. The molecule has 8 nitrogen and oxygen atoms in total. The van der Waals surface area contributed by atoms with E-state index in [0.29, 0.717) is 0 Å². The Kier molecular flexibility index (Phi) is 8.51. The summed E-state index contributed by atoms with van der Waals surface area (Å²) in [6, 6.07) is -0.802. The second-order valence-electron chi connectivity index (χ2n) is 5.01. The van der Waals surface area contributed by atoms with Gasteiger partial charge in [-0.2, -0.15) is 0 Å². The fourth-order valence-corrected chi connectivity index (χ4v) is 1.76. The molecule has 0 aromatic carbocycles. The van der Waals surface area contributed by atoms with Gasteiger partial charge >= 0.3 is 11.9 Å². The number of carbonyl (C=O) groups excluding carboxylic acids is 3. The van der Waals surface area contributed by atoms with Crippen LogP contribution in [0, 0.1) is 0 Å². The summed E-state index contributed by atoms with van der Waals surface area (Å²) < 4.78 is 4.98. The lowest BCUT2D eigenvalue weighted by molar-refractivity contribution is -0.141. The molecule has 0 fully saturated rings. The highest BCUT2D eigenvalue weighted by molar-refractivity contribution is 5.95. The van der Waals surface area contributed by atoms with Crippen molar-refractivity contribution in [2.75, 3.05) is 6.61 Å². The second kappa shape index (κ2) is 9.54. The zero-order chi connectivity index (χ0) is 17.3. The smallest absolute Gasteiger partial charge is 0.334 e. The lowest BCUT2D eigenvalue weighted by Gasteiger charge is -2.16. The van der Waals surface area contributed by atoms with Crippen LogP contribution in [0.25, 0.3) is 0 Å². The Bertz CT molecular complexity index is 472. The Morgan fingerprint density at radius 1 is 1.05 bits per heavy atom. The van der Waals surface area contributed by atoms with Gasteiger partial charge in [-0.05, 0) is 20.3 Å². The quantitative estimate of drug-likeness (QED) is 0.427. The maximum absolute atomic E-state index is 11.9. The molecule has 3 N–H and O–H groups in total. The van der Waals surface area contributed by atoms with Gasteiger partial charge in [-0.3, -0.25) is 9.59 Å². The van der Waals surface area contributed by atoms with Crippen molar-refractivity contribution in [3.8, 4) is 0 Å². The summed E-state index contributed by atoms with van der Waals surface area (Å²) in [5.41, 5.74) is -0.0659. The van der Waals surface area contributed by atoms with Crippen molar-refractivity contribution in [3.63, 3.8) is 0 Å². The van der Waals surface area contributed by atoms with Gasteiger partial charge in [0, 0.05) is 31.5 Å². The van der Waals surface area contributed by atoms with E-state index < -0.39 is 18.0 Å². The fourth-order valence-electron chi connectivity index (χ4n) is 1.76. The van der Waals surface area contributed by atoms with Crippen molar-refractivity contribution in [1.82, 2.24) is 10.6 Å². The Labute approximate surface area is 128 Å². The van der Waals surface area contributed by atoms with Crippen LogP contribution in [0.5, 0.6) is 0 Å². The molecule has 0 bridgehead atoms. The van der Waals surface area contributed by atoms with Gasteiger partial charge in [-0.15, -0.1) is 0 Å². The Morgan fingerprint density at radius 3 is 2.00 bits per heavy atom. The first-order valence-electron chi connectivity index (χ1n) is 6.76. The van der Waals surface area contributed by atoms with E-state index >= 15 is 0 Å². The molecule has 0 unspecified atom stereocenters. The van der Waals surface area contributed by atoms with Crippen molar-refractivity contribution < 1.29 is 29.0 Å². The molecule has 8 heteroatoms. The number of carbonyl (C=O) groups is 4. The Hall–Kier alpha value is -2.38. The molecule has 0 aromatic rings. The van der Waals surface area contributed by atoms with E-state index in [-0.39, 0.29) is 36.5 Å². The number of esters is 1. The largest absolute Gasteiger partial charge is 0.478 e. The second-order valence-corrected chi connectivity index (χ2v) is 5.01. The van der Waals surface area contributed by atoms with Crippen LogP contribution in [0.15, 0.2) is 11.6 Å². The van der Waals surface area contributed by atoms with Gasteiger partial charge in [0.15, 0.2) is 0 Å². The number of carboxylic acid groups (broad SMARTS) is 1. The third-order valence-electron chi connectivity index (χ3n) is 2.45. The molecule has 124 valence electrons. The highest BCUT2D eigenvalue weighted by Gasteiger charge is 2.18. The van der Waals surface area contributed by atoms with Gasteiger partial charge in [0.05, 0.1) is 6.04 Å². The van der Waals surface area contributed by atoms with Gasteiger partial charge in [0.25, 0.3) is 0 Å². The molecular weight excluding hydrogens is 292 g/mol. The molecule has 0 aromatic heterocycles. The van der Waals surface area contributed by atoms with Crippen molar-refractivity contribution in [2.45, 2.75) is 46.2 Å². The number of nitrogens with one attached hydrogen (secondary N) is 2. The normalized spacial score (nSPS) is 13.7. The summed E-state index contributed by atoms with van der Waals surface area (Å²) in [6.45, 7) is 5.87. The van der Waals surface area contributed by atoms with Gasteiger partial charge in [0.2, 0.25) is 11.8 Å². The summed E-state index contributed by atoms with van der Waals surface area (Å²) in [6.07, 6.45) is 0.781. The Morgan fingerprint density at radius 2 is 1.55 bits per heavy atom.